The summed E-state index contributed by atoms with van der Waals surface area (Å²) in [5.41, 5.74) is 6.04. The standard InChI is InChI=1S/C17H25N2O/c1-14-8-6-7-9-16(14)12-18-19(15(2)13-20)17-10-4-3-5-11-17/h6-9,15,17-18H,3-5,10-12H2,1-2H3/t15-/m0/s1. The molecule has 0 amide bonds. The highest BCUT2D eigenvalue weighted by Gasteiger charge is 2.25. The van der Waals surface area contributed by atoms with Crippen molar-refractivity contribution in [3.8, 4) is 0 Å². The van der Waals surface area contributed by atoms with Gasteiger partial charge in [0.1, 0.15) is 0 Å². The van der Waals surface area contributed by atoms with Gasteiger partial charge in [0.05, 0.1) is 6.04 Å². The number of hydrogen-bond acceptors (Lipinski definition) is 3. The van der Waals surface area contributed by atoms with Crippen LogP contribution >= 0.6 is 0 Å². The Labute approximate surface area is 122 Å². The Balaban J connectivity index is 2.00. The third-order valence-corrected chi connectivity index (χ3v) is 4.27. The van der Waals surface area contributed by atoms with Crippen LogP contribution in [-0.2, 0) is 11.3 Å². The zero-order valence-electron chi connectivity index (χ0n) is 12.6. The second-order valence-electron chi connectivity index (χ2n) is 5.75. The highest BCUT2D eigenvalue weighted by Crippen LogP contribution is 2.23. The van der Waals surface area contributed by atoms with E-state index in [0.29, 0.717) is 6.04 Å². The second-order valence-corrected chi connectivity index (χ2v) is 5.75. The van der Waals surface area contributed by atoms with E-state index in [1.54, 1.807) is 0 Å². The molecule has 1 aromatic carbocycles. The van der Waals surface area contributed by atoms with Gasteiger partial charge in [-0.1, -0.05) is 43.5 Å². The lowest BCUT2D eigenvalue weighted by molar-refractivity contribution is 0.0760. The monoisotopic (exact) mass is 273 g/mol. The number of aryl methyl sites for hydroxylation is 1. The predicted octanol–water partition coefficient (Wildman–Crippen LogP) is 3.13. The number of hydrazine groups is 1. The molecule has 1 N–H and O–H groups in total. The van der Waals surface area contributed by atoms with E-state index in [2.05, 4.69) is 47.9 Å². The summed E-state index contributed by atoms with van der Waals surface area (Å²) in [6.07, 6.45) is 8.32. The van der Waals surface area contributed by atoms with Crippen LogP contribution < -0.4 is 5.43 Å². The predicted molar refractivity (Wildman–Crippen MR) is 81.9 cm³/mol. The number of nitrogens with zero attached hydrogens (tertiary/aromatic N) is 1. The van der Waals surface area contributed by atoms with Gasteiger partial charge in [0.2, 0.25) is 6.29 Å². The van der Waals surface area contributed by atoms with Crippen LogP contribution in [0, 0.1) is 6.92 Å². The fourth-order valence-electron chi connectivity index (χ4n) is 2.98. The van der Waals surface area contributed by atoms with Gasteiger partial charge >= 0.3 is 0 Å². The number of benzene rings is 1. The first-order valence-corrected chi connectivity index (χ1v) is 7.66. The fraction of sp³-hybridized carbons (Fsp3) is 0.588. The molecule has 0 saturated heterocycles. The third-order valence-electron chi connectivity index (χ3n) is 4.27. The van der Waals surface area contributed by atoms with Gasteiger partial charge in [-0.15, -0.1) is 0 Å². The third kappa shape index (κ3) is 3.90. The van der Waals surface area contributed by atoms with Gasteiger partial charge in [0, 0.05) is 12.6 Å². The van der Waals surface area contributed by atoms with Crippen LogP contribution in [0.15, 0.2) is 24.3 Å². The molecule has 1 aromatic rings. The van der Waals surface area contributed by atoms with Gasteiger partial charge in [-0.2, -0.15) is 0 Å². The molecular formula is C17H25N2O. The molecule has 3 heteroatoms. The Hall–Kier alpha value is -1.19. The number of hydrogen-bond donors (Lipinski definition) is 1. The van der Waals surface area contributed by atoms with Crippen molar-refractivity contribution in [2.45, 2.75) is 64.6 Å². The Morgan fingerprint density at radius 2 is 2.00 bits per heavy atom. The Bertz CT molecular complexity index is 427. The highest BCUT2D eigenvalue weighted by atomic mass is 16.1. The molecule has 0 bridgehead atoms. The van der Waals surface area contributed by atoms with Gasteiger partial charge in [-0.05, 0) is 37.8 Å². The second kappa shape index (κ2) is 7.55. The number of carbonyl (C=O) groups excluding carboxylic acids is 1. The van der Waals surface area contributed by atoms with Crippen LogP contribution in [0.25, 0.3) is 0 Å². The Kier molecular flexibility index (Phi) is 5.74. The van der Waals surface area contributed by atoms with E-state index < -0.39 is 0 Å². The molecule has 0 unspecified atom stereocenters. The van der Waals surface area contributed by atoms with Gasteiger partial charge in [-0.25, -0.2) is 10.4 Å². The summed E-state index contributed by atoms with van der Waals surface area (Å²) >= 11 is 0. The molecule has 1 atom stereocenters. The average Bonchev–Trinajstić information content (AvgIpc) is 2.50. The summed E-state index contributed by atoms with van der Waals surface area (Å²) < 4.78 is 0. The molecule has 2 rings (SSSR count). The summed E-state index contributed by atoms with van der Waals surface area (Å²) in [5, 5.41) is 2.12. The van der Waals surface area contributed by atoms with Crippen molar-refractivity contribution in [2.75, 3.05) is 0 Å². The lowest BCUT2D eigenvalue weighted by Gasteiger charge is -2.36. The van der Waals surface area contributed by atoms with Crippen molar-refractivity contribution in [1.82, 2.24) is 10.4 Å². The first-order chi connectivity index (χ1) is 9.72. The number of rotatable bonds is 6. The van der Waals surface area contributed by atoms with Crippen LogP contribution in [0.2, 0.25) is 0 Å². The molecule has 0 aromatic heterocycles. The maximum Gasteiger partial charge on any atom is 0.218 e. The molecule has 1 aliphatic carbocycles. The van der Waals surface area contributed by atoms with Crippen molar-refractivity contribution < 1.29 is 4.79 Å². The van der Waals surface area contributed by atoms with Crippen molar-refractivity contribution in [3.05, 3.63) is 35.4 Å². The van der Waals surface area contributed by atoms with Crippen LogP contribution in [0.5, 0.6) is 0 Å². The van der Waals surface area contributed by atoms with E-state index in [9.17, 15) is 4.79 Å². The zero-order valence-corrected chi connectivity index (χ0v) is 12.6. The molecule has 1 saturated carbocycles. The first kappa shape index (κ1) is 15.2. The van der Waals surface area contributed by atoms with E-state index in [1.165, 1.54) is 43.2 Å². The largest absolute Gasteiger partial charge is 0.289 e. The van der Waals surface area contributed by atoms with Gasteiger partial charge < -0.3 is 0 Å². The van der Waals surface area contributed by atoms with E-state index in [0.717, 1.165) is 6.54 Å². The minimum absolute atomic E-state index is 0.192. The van der Waals surface area contributed by atoms with Crippen molar-refractivity contribution in [1.29, 1.82) is 0 Å². The molecule has 0 spiro atoms. The topological polar surface area (TPSA) is 32.3 Å². The minimum Gasteiger partial charge on any atom is -0.289 e. The Morgan fingerprint density at radius 3 is 2.65 bits per heavy atom. The molecule has 0 heterocycles. The summed E-state index contributed by atoms with van der Waals surface area (Å²) in [6, 6.07) is 8.64. The quantitative estimate of drug-likeness (QED) is 0.808. The molecule has 0 aliphatic heterocycles. The van der Waals surface area contributed by atoms with E-state index >= 15 is 0 Å². The summed E-state index contributed by atoms with van der Waals surface area (Å²) in [7, 11) is 0. The first-order valence-electron chi connectivity index (χ1n) is 7.66. The van der Waals surface area contributed by atoms with Crippen LogP contribution in [0.4, 0.5) is 0 Å². The summed E-state index contributed by atoms with van der Waals surface area (Å²) in [4.78, 5) is 11.1. The van der Waals surface area contributed by atoms with E-state index in [4.69, 9.17) is 0 Å². The zero-order chi connectivity index (χ0) is 14.4. The molecule has 109 valence electrons. The molecule has 1 radical (unpaired) electrons. The van der Waals surface area contributed by atoms with Gasteiger partial charge in [0.25, 0.3) is 0 Å². The summed E-state index contributed by atoms with van der Waals surface area (Å²) in [6.45, 7) is 4.82. The molecule has 1 aliphatic rings. The van der Waals surface area contributed by atoms with Gasteiger partial charge in [0.15, 0.2) is 0 Å². The van der Waals surface area contributed by atoms with Crippen LogP contribution in [0.1, 0.15) is 50.2 Å². The van der Waals surface area contributed by atoms with Crippen molar-refractivity contribution >= 4 is 6.29 Å². The minimum atomic E-state index is -0.192. The van der Waals surface area contributed by atoms with Crippen LogP contribution in [-0.4, -0.2) is 23.4 Å². The average molecular weight is 273 g/mol. The number of nitrogens with one attached hydrogen (secondary N) is 1. The highest BCUT2D eigenvalue weighted by molar-refractivity contribution is 5.57. The molecular weight excluding hydrogens is 248 g/mol. The van der Waals surface area contributed by atoms with E-state index in [1.807, 2.05) is 6.92 Å². The maximum absolute atomic E-state index is 11.1. The normalized spacial score (nSPS) is 18.1. The maximum atomic E-state index is 11.1. The molecule has 1 fully saturated rings. The smallest absolute Gasteiger partial charge is 0.218 e. The van der Waals surface area contributed by atoms with E-state index in [-0.39, 0.29) is 6.04 Å². The SMILES string of the molecule is Cc1ccccc1CNN(C1CCCCC1)[C@@H](C)[C]=O. The molecule has 3 nitrogen and oxygen atoms in total. The molecule has 20 heavy (non-hydrogen) atoms. The van der Waals surface area contributed by atoms with Gasteiger partial charge in [-0.3, -0.25) is 4.79 Å². The van der Waals surface area contributed by atoms with Crippen molar-refractivity contribution in [3.63, 3.8) is 0 Å². The lowest BCUT2D eigenvalue weighted by Crippen LogP contribution is -2.51. The van der Waals surface area contributed by atoms with Crippen LogP contribution in [0.3, 0.4) is 0 Å². The van der Waals surface area contributed by atoms with Crippen molar-refractivity contribution in [2.24, 2.45) is 0 Å². The Morgan fingerprint density at radius 1 is 1.30 bits per heavy atom. The summed E-state index contributed by atoms with van der Waals surface area (Å²) in [5.74, 6) is 0. The fourth-order valence-corrected chi connectivity index (χ4v) is 2.98. The lowest BCUT2D eigenvalue weighted by atomic mass is 9.94.